The zero-order valence-electron chi connectivity index (χ0n) is 55.4. The van der Waals surface area contributed by atoms with Gasteiger partial charge in [-0.05, 0) is 102 Å². The number of rotatable bonds is 64. The normalized spacial score (nSPS) is 14.0. The Bertz CT molecular complexity index is 1650. The van der Waals surface area contributed by atoms with Crippen LogP contribution in [0.2, 0.25) is 0 Å². The molecule has 0 radical (unpaired) electrons. The van der Waals surface area contributed by atoms with Crippen molar-refractivity contribution in [3.05, 3.63) is 72.9 Å². The van der Waals surface area contributed by atoms with E-state index in [1.54, 1.807) is 0 Å². The highest BCUT2D eigenvalue weighted by Crippen LogP contribution is 2.43. The monoisotopic (exact) mass is 1180 g/mol. The predicted molar refractivity (Wildman–Crippen MR) is 360 cm³/mol. The molecule has 9 nitrogen and oxygen atoms in total. The molecule has 3 atom stereocenters. The highest BCUT2D eigenvalue weighted by Gasteiger charge is 2.30. The number of quaternary nitrogens is 1. The topological polar surface area (TPSA) is 111 Å². The Labute approximate surface area is 514 Å². The number of phosphoric ester groups is 1. The molecule has 0 fully saturated rings. The maximum atomic E-state index is 13.6. The summed E-state index contributed by atoms with van der Waals surface area (Å²) in [5.41, 5.74) is 0. The van der Waals surface area contributed by atoms with E-state index in [0.29, 0.717) is 17.4 Å². The first-order valence-electron chi connectivity index (χ1n) is 35.3. The lowest BCUT2D eigenvalue weighted by Gasteiger charge is -2.27. The highest BCUT2D eigenvalue weighted by atomic mass is 31.2. The molecule has 0 aromatic carbocycles. The number of nitrogens with zero attached hydrogens (tertiary/aromatic N) is 1. The van der Waals surface area contributed by atoms with Crippen LogP contribution in [0.4, 0.5) is 0 Å². The number of ether oxygens (including phenoxy) is 1. The zero-order valence-corrected chi connectivity index (χ0v) is 56.3. The third-order valence-corrected chi connectivity index (χ3v) is 16.6. The van der Waals surface area contributed by atoms with Gasteiger partial charge < -0.3 is 19.4 Å². The maximum Gasteiger partial charge on any atom is 0.472 e. The Morgan fingerprint density at radius 1 is 0.422 bits per heavy atom. The third-order valence-electron chi connectivity index (χ3n) is 15.6. The molecule has 0 saturated carbocycles. The van der Waals surface area contributed by atoms with Gasteiger partial charge in [0.1, 0.15) is 19.3 Å². The Hall–Kier alpha value is -2.55. The second-order valence-corrected chi connectivity index (χ2v) is 26.5. The molecule has 1 amide bonds. The van der Waals surface area contributed by atoms with E-state index in [2.05, 4.69) is 86.8 Å². The standard InChI is InChI=1S/C73H135N2O7P/c1-7-10-13-16-19-22-25-27-29-31-33-35-36-37-38-40-41-43-45-47-50-53-56-59-62-65-72(76)74-70(69-81-83(78,79)80-68-67-75(4,5)6)71(64-61-58-55-52-49-24-21-18-15-12-9-3)82-73(77)66-63-60-57-54-51-48-46-44-42-39-34-32-30-28-26-23-20-17-14-11-8-2/h19-20,22-23,27-30,33,35,61,64,70-71H,7-18,21,24-26,31-32,34,36-60,62-63,65-69H2,1-6H3,(H-,74,76,78,79)/p+1/b22-19-,23-20-,29-27-,30-28-,35-33-,64-61-. The summed E-state index contributed by atoms with van der Waals surface area (Å²) in [4.78, 5) is 37.9. The van der Waals surface area contributed by atoms with Crippen LogP contribution in [0.25, 0.3) is 0 Å². The molecule has 0 aliphatic carbocycles. The molecule has 0 aromatic heterocycles. The number of hydrogen-bond acceptors (Lipinski definition) is 6. The van der Waals surface area contributed by atoms with E-state index in [-0.39, 0.29) is 31.5 Å². The van der Waals surface area contributed by atoms with Gasteiger partial charge in [0.2, 0.25) is 5.91 Å². The summed E-state index contributed by atoms with van der Waals surface area (Å²) >= 11 is 0. The van der Waals surface area contributed by atoms with E-state index in [9.17, 15) is 19.0 Å². The quantitative estimate of drug-likeness (QED) is 0.0205. The Morgan fingerprint density at radius 3 is 1.12 bits per heavy atom. The van der Waals surface area contributed by atoms with Crippen LogP contribution in [-0.4, -0.2) is 74.3 Å². The van der Waals surface area contributed by atoms with Gasteiger partial charge in [0.25, 0.3) is 0 Å². The van der Waals surface area contributed by atoms with Crippen LogP contribution in [0.15, 0.2) is 72.9 Å². The first kappa shape index (κ1) is 80.5. The molecule has 0 aliphatic rings. The van der Waals surface area contributed by atoms with Crippen molar-refractivity contribution in [1.82, 2.24) is 5.32 Å². The van der Waals surface area contributed by atoms with Crippen molar-refractivity contribution in [2.45, 2.75) is 341 Å². The van der Waals surface area contributed by atoms with E-state index in [1.807, 2.05) is 33.3 Å². The number of amides is 1. The van der Waals surface area contributed by atoms with Gasteiger partial charge in [-0.25, -0.2) is 4.57 Å². The van der Waals surface area contributed by atoms with Gasteiger partial charge in [-0.15, -0.1) is 0 Å². The molecule has 83 heavy (non-hydrogen) atoms. The number of unbranched alkanes of at least 4 members (excludes halogenated alkanes) is 38. The van der Waals surface area contributed by atoms with Gasteiger partial charge in [0, 0.05) is 12.8 Å². The van der Waals surface area contributed by atoms with Crippen LogP contribution >= 0.6 is 7.82 Å². The Morgan fingerprint density at radius 2 is 0.735 bits per heavy atom. The molecule has 0 bridgehead atoms. The lowest BCUT2D eigenvalue weighted by atomic mass is 10.0. The second-order valence-electron chi connectivity index (χ2n) is 25.0. The summed E-state index contributed by atoms with van der Waals surface area (Å²) in [5.74, 6) is -0.501. The van der Waals surface area contributed by atoms with Gasteiger partial charge >= 0.3 is 13.8 Å². The second kappa shape index (κ2) is 62.5. The molecule has 0 heterocycles. The van der Waals surface area contributed by atoms with Crippen LogP contribution < -0.4 is 5.32 Å². The van der Waals surface area contributed by atoms with Crippen LogP contribution in [0.3, 0.4) is 0 Å². The van der Waals surface area contributed by atoms with Gasteiger partial charge in [-0.2, -0.15) is 0 Å². The largest absolute Gasteiger partial charge is 0.472 e. The fraction of sp³-hybridized carbons (Fsp3) is 0.808. The van der Waals surface area contributed by atoms with Crippen LogP contribution in [-0.2, 0) is 27.9 Å². The van der Waals surface area contributed by atoms with Crippen molar-refractivity contribution >= 4 is 19.7 Å². The lowest BCUT2D eigenvalue weighted by molar-refractivity contribution is -0.870. The number of allylic oxidation sites excluding steroid dienone is 11. The average molecular weight is 1180 g/mol. The van der Waals surface area contributed by atoms with Gasteiger partial charge in [-0.1, -0.05) is 287 Å². The summed E-state index contributed by atoms with van der Waals surface area (Å²) in [6.45, 7) is 6.99. The molecular weight excluding hydrogens is 1050 g/mol. The lowest BCUT2D eigenvalue weighted by Crippen LogP contribution is -2.47. The molecule has 0 aliphatic heterocycles. The van der Waals surface area contributed by atoms with E-state index < -0.39 is 20.0 Å². The summed E-state index contributed by atoms with van der Waals surface area (Å²) in [6.07, 6.45) is 81.9. The molecule has 0 aromatic rings. The minimum Gasteiger partial charge on any atom is -0.456 e. The highest BCUT2D eigenvalue weighted by molar-refractivity contribution is 7.47. The van der Waals surface area contributed by atoms with Gasteiger partial charge in [0.05, 0.1) is 33.8 Å². The molecule has 0 saturated heterocycles. The molecule has 484 valence electrons. The van der Waals surface area contributed by atoms with Crippen molar-refractivity contribution in [3.8, 4) is 0 Å². The van der Waals surface area contributed by atoms with Crippen LogP contribution in [0.1, 0.15) is 329 Å². The fourth-order valence-electron chi connectivity index (χ4n) is 10.2. The molecule has 0 spiro atoms. The molecule has 10 heteroatoms. The van der Waals surface area contributed by atoms with Crippen molar-refractivity contribution in [2.24, 2.45) is 0 Å². The summed E-state index contributed by atoms with van der Waals surface area (Å²) < 4.78 is 30.8. The summed E-state index contributed by atoms with van der Waals surface area (Å²) in [6, 6.07) is -0.852. The Balaban J connectivity index is 5.03. The summed E-state index contributed by atoms with van der Waals surface area (Å²) in [7, 11) is 1.50. The smallest absolute Gasteiger partial charge is 0.456 e. The van der Waals surface area contributed by atoms with Crippen molar-refractivity contribution in [1.29, 1.82) is 0 Å². The fourth-order valence-corrected chi connectivity index (χ4v) is 10.9. The Kier molecular flexibility index (Phi) is 60.6. The number of carbonyl (C=O) groups is 2. The number of hydrogen-bond donors (Lipinski definition) is 2. The van der Waals surface area contributed by atoms with E-state index in [0.717, 1.165) is 77.0 Å². The van der Waals surface area contributed by atoms with E-state index in [4.69, 9.17) is 13.8 Å². The molecule has 0 rings (SSSR count). The van der Waals surface area contributed by atoms with Crippen molar-refractivity contribution in [3.63, 3.8) is 0 Å². The molecular formula is C73H136N2O7P+. The van der Waals surface area contributed by atoms with Gasteiger partial charge in [0.15, 0.2) is 0 Å². The first-order chi connectivity index (χ1) is 40.4. The predicted octanol–water partition coefficient (Wildman–Crippen LogP) is 22.3. The van der Waals surface area contributed by atoms with E-state index in [1.165, 1.54) is 218 Å². The van der Waals surface area contributed by atoms with Crippen molar-refractivity contribution < 1.29 is 37.3 Å². The number of carbonyl (C=O) groups excluding carboxylic acids is 2. The van der Waals surface area contributed by atoms with Crippen molar-refractivity contribution in [2.75, 3.05) is 40.9 Å². The SMILES string of the molecule is CCCCC/C=C\C/C=C\C/C=C\CCCCCCCCCCCCCCC(=O)NC(COP(=O)(O)OCC[N+](C)(C)C)C(/C=C\CCCCCCCCCCC)OC(=O)CCCCCCCCCCCCC/C=C\C/C=C\CCCCC. The van der Waals surface area contributed by atoms with Crippen LogP contribution in [0.5, 0.6) is 0 Å². The molecule has 2 N–H and O–H groups in total. The minimum atomic E-state index is -4.45. The zero-order chi connectivity index (χ0) is 60.7. The van der Waals surface area contributed by atoms with Crippen LogP contribution in [0, 0.1) is 0 Å². The summed E-state index contributed by atoms with van der Waals surface area (Å²) in [5, 5.41) is 3.07. The minimum absolute atomic E-state index is 0.0385. The number of nitrogens with one attached hydrogen (secondary N) is 1. The van der Waals surface area contributed by atoms with E-state index >= 15 is 0 Å². The number of phosphoric acid groups is 1. The van der Waals surface area contributed by atoms with Gasteiger partial charge in [-0.3, -0.25) is 18.6 Å². The molecule has 3 unspecified atom stereocenters. The third kappa shape index (κ3) is 63.8. The number of esters is 1. The maximum absolute atomic E-state index is 13.6. The first-order valence-corrected chi connectivity index (χ1v) is 36.8. The average Bonchev–Trinajstić information content (AvgIpc) is 3.51. The number of likely N-dealkylation sites (N-methyl/N-ethyl adjacent to an activating group) is 1.